The average molecular weight is 362 g/mol. The van der Waals surface area contributed by atoms with Crippen LogP contribution in [0.15, 0.2) is 52.9 Å². The van der Waals surface area contributed by atoms with Crippen LogP contribution in [-0.2, 0) is 0 Å². The highest BCUT2D eigenvalue weighted by Crippen LogP contribution is 2.25. The van der Waals surface area contributed by atoms with Crippen LogP contribution in [0.5, 0.6) is 0 Å². The predicted octanol–water partition coefficient (Wildman–Crippen LogP) is 5.87. The Morgan fingerprint density at radius 2 is 1.91 bits per heavy atom. The third-order valence-electron chi connectivity index (χ3n) is 3.18. The summed E-state index contributed by atoms with van der Waals surface area (Å²) in [5, 5.41) is 8.05. The van der Waals surface area contributed by atoms with Crippen LogP contribution in [0.1, 0.15) is 11.1 Å². The largest absolute Gasteiger partial charge is 0.253 e. The summed E-state index contributed by atoms with van der Waals surface area (Å²) in [5.41, 5.74) is 6.96. The quantitative estimate of drug-likeness (QED) is 0.465. The summed E-state index contributed by atoms with van der Waals surface area (Å²) < 4.78 is 0. The Labute approximate surface area is 148 Å². The van der Waals surface area contributed by atoms with Crippen molar-refractivity contribution in [2.45, 2.75) is 6.92 Å². The number of hydrogen-bond donors (Lipinski definition) is 1. The first kappa shape index (κ1) is 16.0. The van der Waals surface area contributed by atoms with E-state index >= 15 is 0 Å². The van der Waals surface area contributed by atoms with Crippen molar-refractivity contribution in [3.8, 4) is 11.3 Å². The number of hydrogen-bond acceptors (Lipinski definition) is 4. The number of anilines is 1. The molecule has 0 spiro atoms. The van der Waals surface area contributed by atoms with Gasteiger partial charge in [0, 0.05) is 21.5 Å². The number of hydrazone groups is 1. The van der Waals surface area contributed by atoms with Crippen molar-refractivity contribution in [2.24, 2.45) is 5.10 Å². The van der Waals surface area contributed by atoms with Crippen molar-refractivity contribution in [3.63, 3.8) is 0 Å². The predicted molar refractivity (Wildman–Crippen MR) is 100.0 cm³/mol. The fraction of sp³-hybridized carbons (Fsp3) is 0.0588. The maximum Gasteiger partial charge on any atom is 0.203 e. The molecule has 0 atom stereocenters. The van der Waals surface area contributed by atoms with Crippen LogP contribution in [0.4, 0.5) is 5.13 Å². The molecule has 0 aliphatic rings. The third-order valence-corrected chi connectivity index (χ3v) is 4.49. The van der Waals surface area contributed by atoms with E-state index in [0.717, 1.165) is 22.0 Å². The third kappa shape index (κ3) is 4.10. The van der Waals surface area contributed by atoms with E-state index in [2.05, 4.69) is 46.7 Å². The van der Waals surface area contributed by atoms with Gasteiger partial charge in [-0.1, -0.05) is 59.1 Å². The molecule has 0 amide bonds. The molecule has 3 aromatic rings. The molecular formula is C17H13Cl2N3S. The van der Waals surface area contributed by atoms with Crippen LogP contribution in [0.3, 0.4) is 0 Å². The Balaban J connectivity index is 1.69. The van der Waals surface area contributed by atoms with Crippen LogP contribution < -0.4 is 5.43 Å². The summed E-state index contributed by atoms with van der Waals surface area (Å²) in [4.78, 5) is 4.52. The molecule has 0 saturated carbocycles. The molecule has 0 unspecified atom stereocenters. The van der Waals surface area contributed by atoms with Crippen molar-refractivity contribution in [3.05, 3.63) is 69.0 Å². The molecule has 2 aromatic carbocycles. The van der Waals surface area contributed by atoms with E-state index in [-0.39, 0.29) is 0 Å². The van der Waals surface area contributed by atoms with Crippen molar-refractivity contribution < 1.29 is 0 Å². The van der Waals surface area contributed by atoms with Crippen molar-refractivity contribution in [2.75, 3.05) is 5.43 Å². The molecule has 3 nitrogen and oxygen atoms in total. The molecule has 116 valence electrons. The Morgan fingerprint density at radius 1 is 1.13 bits per heavy atom. The number of halogens is 2. The molecule has 0 saturated heterocycles. The molecule has 0 radical (unpaired) electrons. The number of benzene rings is 2. The van der Waals surface area contributed by atoms with Gasteiger partial charge in [0.2, 0.25) is 5.13 Å². The Bertz CT molecular complexity index is 841. The number of thiazole rings is 1. The maximum absolute atomic E-state index is 6.09. The van der Waals surface area contributed by atoms with Gasteiger partial charge < -0.3 is 0 Å². The number of nitrogens with zero attached hydrogens (tertiary/aromatic N) is 2. The Morgan fingerprint density at radius 3 is 2.65 bits per heavy atom. The summed E-state index contributed by atoms with van der Waals surface area (Å²) in [6, 6.07) is 13.5. The van der Waals surface area contributed by atoms with Crippen molar-refractivity contribution in [1.29, 1.82) is 0 Å². The summed E-state index contributed by atoms with van der Waals surface area (Å²) in [6.45, 7) is 2.06. The van der Waals surface area contributed by atoms with Crippen LogP contribution in [0.25, 0.3) is 11.3 Å². The van der Waals surface area contributed by atoms with Gasteiger partial charge in [-0.05, 0) is 19.1 Å². The van der Waals surface area contributed by atoms with E-state index in [9.17, 15) is 0 Å². The second kappa shape index (κ2) is 7.13. The van der Waals surface area contributed by atoms with E-state index < -0.39 is 0 Å². The van der Waals surface area contributed by atoms with Crippen molar-refractivity contribution in [1.82, 2.24) is 4.98 Å². The van der Waals surface area contributed by atoms with Crippen LogP contribution in [-0.4, -0.2) is 11.2 Å². The van der Waals surface area contributed by atoms with E-state index in [0.29, 0.717) is 10.0 Å². The van der Waals surface area contributed by atoms with Gasteiger partial charge in [0.05, 0.1) is 16.9 Å². The first-order valence-corrected chi connectivity index (χ1v) is 8.52. The zero-order valence-corrected chi connectivity index (χ0v) is 14.6. The van der Waals surface area contributed by atoms with Gasteiger partial charge in [-0.2, -0.15) is 5.10 Å². The fourth-order valence-corrected chi connectivity index (χ4v) is 3.07. The van der Waals surface area contributed by atoms with Crippen LogP contribution in [0.2, 0.25) is 10.0 Å². The average Bonchev–Trinajstić information content (AvgIpc) is 2.99. The first-order valence-electron chi connectivity index (χ1n) is 6.88. The van der Waals surface area contributed by atoms with Gasteiger partial charge in [0.25, 0.3) is 0 Å². The van der Waals surface area contributed by atoms with E-state index in [1.807, 2.05) is 11.4 Å². The molecule has 6 heteroatoms. The highest BCUT2D eigenvalue weighted by Gasteiger charge is 2.04. The molecule has 0 bridgehead atoms. The highest BCUT2D eigenvalue weighted by atomic mass is 35.5. The number of aryl methyl sites for hydroxylation is 1. The standard InChI is InChI=1S/C17H13Cl2N3S/c1-11-2-4-12(5-3-11)16-10-23-17(21-16)22-20-9-13-6-7-14(18)8-15(13)19/h2-10H,1H3,(H,21,22)/b20-9+. The van der Waals surface area contributed by atoms with Crippen LogP contribution >= 0.6 is 34.5 Å². The summed E-state index contributed by atoms with van der Waals surface area (Å²) in [7, 11) is 0. The molecule has 3 rings (SSSR count). The fourth-order valence-electron chi connectivity index (χ4n) is 1.95. The van der Waals surface area contributed by atoms with E-state index in [4.69, 9.17) is 23.2 Å². The highest BCUT2D eigenvalue weighted by molar-refractivity contribution is 7.14. The van der Waals surface area contributed by atoms with E-state index in [1.165, 1.54) is 16.9 Å². The molecule has 0 aliphatic carbocycles. The minimum absolute atomic E-state index is 0.558. The van der Waals surface area contributed by atoms with Crippen molar-refractivity contribution >= 4 is 45.9 Å². The lowest BCUT2D eigenvalue weighted by Gasteiger charge is -1.99. The Kier molecular flexibility index (Phi) is 4.96. The number of rotatable bonds is 4. The van der Waals surface area contributed by atoms with Gasteiger partial charge >= 0.3 is 0 Å². The minimum Gasteiger partial charge on any atom is -0.253 e. The minimum atomic E-state index is 0.558. The molecule has 1 heterocycles. The van der Waals surface area contributed by atoms with Gasteiger partial charge in [-0.3, -0.25) is 5.43 Å². The molecule has 0 fully saturated rings. The first-order chi connectivity index (χ1) is 11.1. The molecular weight excluding hydrogens is 349 g/mol. The molecule has 1 N–H and O–H groups in total. The molecule has 23 heavy (non-hydrogen) atoms. The lowest BCUT2D eigenvalue weighted by molar-refractivity contribution is 1.29. The SMILES string of the molecule is Cc1ccc(-c2csc(N/N=C/c3ccc(Cl)cc3Cl)n2)cc1. The topological polar surface area (TPSA) is 37.3 Å². The monoisotopic (exact) mass is 361 g/mol. The maximum atomic E-state index is 6.09. The van der Waals surface area contributed by atoms with Gasteiger partial charge in [0.15, 0.2) is 0 Å². The zero-order valence-electron chi connectivity index (χ0n) is 12.3. The number of aromatic nitrogens is 1. The number of nitrogens with one attached hydrogen (secondary N) is 1. The van der Waals surface area contributed by atoms with E-state index in [1.54, 1.807) is 18.3 Å². The summed E-state index contributed by atoms with van der Waals surface area (Å²) in [5.74, 6) is 0. The Hall–Kier alpha value is -1.88. The second-order valence-electron chi connectivity index (χ2n) is 4.94. The smallest absolute Gasteiger partial charge is 0.203 e. The molecule has 1 aromatic heterocycles. The molecule has 0 aliphatic heterocycles. The zero-order chi connectivity index (χ0) is 16.2. The summed E-state index contributed by atoms with van der Waals surface area (Å²) in [6.07, 6.45) is 1.64. The van der Waals surface area contributed by atoms with Gasteiger partial charge in [-0.15, -0.1) is 11.3 Å². The second-order valence-corrected chi connectivity index (χ2v) is 6.64. The normalized spacial score (nSPS) is 11.1. The van der Waals surface area contributed by atoms with Gasteiger partial charge in [-0.25, -0.2) is 4.98 Å². The lowest BCUT2D eigenvalue weighted by Crippen LogP contribution is -1.91. The van der Waals surface area contributed by atoms with Gasteiger partial charge in [0.1, 0.15) is 0 Å². The summed E-state index contributed by atoms with van der Waals surface area (Å²) >= 11 is 13.5. The van der Waals surface area contributed by atoms with Crippen LogP contribution in [0, 0.1) is 6.92 Å². The lowest BCUT2D eigenvalue weighted by atomic mass is 10.1.